The second-order valence-corrected chi connectivity index (χ2v) is 12.0. The second-order valence-electron chi connectivity index (χ2n) is 9.66. The Morgan fingerprint density at radius 1 is 0.935 bits per heavy atom. The van der Waals surface area contributed by atoms with E-state index in [4.69, 9.17) is 0 Å². The molecule has 0 N–H and O–H groups in total. The number of allylic oxidation sites excluding steroid dienone is 4. The van der Waals surface area contributed by atoms with E-state index < -0.39 is 0 Å². The molecular weight excluding hydrogens is 605 g/mol. The molecule has 0 atom stereocenters. The molecule has 0 nitrogen and oxygen atoms in total. The van der Waals surface area contributed by atoms with Crippen molar-refractivity contribution in [1.29, 1.82) is 0 Å². The molecule has 0 heterocycles. The second kappa shape index (κ2) is 14.5. The molecular formula is C27H39Cl2HfP. The van der Waals surface area contributed by atoms with Crippen molar-refractivity contribution in [3.05, 3.63) is 59.2 Å². The number of hydrogen-bond donors (Lipinski definition) is 0. The van der Waals surface area contributed by atoms with Crippen LogP contribution in [0.5, 0.6) is 0 Å². The minimum atomic E-state index is 0. The predicted octanol–water partition coefficient (Wildman–Crippen LogP) is 2.10. The van der Waals surface area contributed by atoms with Crippen LogP contribution < -0.4 is 30.1 Å². The molecule has 0 saturated heterocycles. The Hall–Kier alpha value is 0.190. The van der Waals surface area contributed by atoms with Crippen molar-refractivity contribution in [2.24, 2.45) is 17.3 Å². The number of hydrogen-bond acceptors (Lipinski definition) is 0. The molecule has 0 aromatic heterocycles. The molecule has 0 aliphatic heterocycles. The Bertz CT molecular complexity index is 816. The largest absolute Gasteiger partial charge is 4.00 e. The molecule has 0 bridgehead atoms. The fraction of sp³-hybridized carbons (Fsp3) is 0.519. The van der Waals surface area contributed by atoms with E-state index in [1.165, 1.54) is 39.8 Å². The first kappa shape index (κ1) is 33.4. The van der Waals surface area contributed by atoms with Gasteiger partial charge in [-0.1, -0.05) is 74.8 Å². The zero-order chi connectivity index (χ0) is 21.1. The molecule has 3 rings (SSSR count). The number of halogens is 2. The predicted molar refractivity (Wildman–Crippen MR) is 130 cm³/mol. The Morgan fingerprint density at radius 2 is 1.45 bits per heavy atom. The molecule has 1 aliphatic carbocycles. The minimum absolute atomic E-state index is 0. The minimum Gasteiger partial charge on any atom is -1.00 e. The van der Waals surface area contributed by atoms with Gasteiger partial charge in [-0.25, -0.2) is 5.57 Å². The molecule has 2 aromatic carbocycles. The number of rotatable bonds is 5. The van der Waals surface area contributed by atoms with Gasteiger partial charge in [-0.15, -0.1) is 47.3 Å². The van der Waals surface area contributed by atoms with Gasteiger partial charge in [0.1, 0.15) is 0 Å². The van der Waals surface area contributed by atoms with E-state index in [0.717, 1.165) is 11.8 Å². The maximum Gasteiger partial charge on any atom is 4.00 e. The Morgan fingerprint density at radius 3 is 1.81 bits per heavy atom. The van der Waals surface area contributed by atoms with Crippen molar-refractivity contribution >= 4 is 24.0 Å². The van der Waals surface area contributed by atoms with Crippen LogP contribution in [-0.2, 0) is 25.8 Å². The van der Waals surface area contributed by atoms with Crippen LogP contribution in [0.25, 0.3) is 10.8 Å². The standard InChI is InChI=1S/C17H24P.C10H15.2ClH.Hf/c1-13(2)11-18(12-14(3)4)17-9-15-7-5-6-8-16(15)10-17;1-7-6-10(4,5)9(3)8(7)2;;;/h5-10,13-14H,11-12H2,1-4H3;1-5H3;2*1H;/q2*-1;;;+4/p-2. The van der Waals surface area contributed by atoms with Crippen LogP contribution in [0.4, 0.5) is 0 Å². The fourth-order valence-corrected chi connectivity index (χ4v) is 6.87. The van der Waals surface area contributed by atoms with Gasteiger partial charge in [-0.3, -0.25) is 6.08 Å². The average molecular weight is 644 g/mol. The molecule has 31 heavy (non-hydrogen) atoms. The summed E-state index contributed by atoms with van der Waals surface area (Å²) in [6, 6.07) is 13.6. The molecule has 4 heteroatoms. The normalized spacial score (nSPS) is 14.6. The van der Waals surface area contributed by atoms with Gasteiger partial charge in [-0.2, -0.15) is 17.2 Å². The van der Waals surface area contributed by atoms with Crippen molar-refractivity contribution in [2.75, 3.05) is 12.3 Å². The molecule has 0 unspecified atom stereocenters. The monoisotopic (exact) mass is 644 g/mol. The zero-order valence-electron chi connectivity index (χ0n) is 20.7. The van der Waals surface area contributed by atoms with Gasteiger partial charge in [0, 0.05) is 0 Å². The molecule has 170 valence electrons. The van der Waals surface area contributed by atoms with Gasteiger partial charge in [-0.05, 0) is 24.2 Å². The molecule has 0 radical (unpaired) electrons. The third-order valence-corrected chi connectivity index (χ3v) is 9.03. The van der Waals surface area contributed by atoms with Crippen molar-refractivity contribution in [3.63, 3.8) is 0 Å². The summed E-state index contributed by atoms with van der Waals surface area (Å²) in [5.41, 5.74) is 4.39. The first-order valence-electron chi connectivity index (χ1n) is 10.7. The van der Waals surface area contributed by atoms with Gasteiger partial charge in [0.15, 0.2) is 0 Å². The van der Waals surface area contributed by atoms with Crippen molar-refractivity contribution in [1.82, 2.24) is 0 Å². The van der Waals surface area contributed by atoms with Crippen molar-refractivity contribution in [3.8, 4) is 0 Å². The molecule has 0 spiro atoms. The summed E-state index contributed by atoms with van der Waals surface area (Å²) >= 11 is 0. The van der Waals surface area contributed by atoms with Crippen LogP contribution >= 0.6 is 7.92 Å². The third-order valence-electron chi connectivity index (χ3n) is 5.70. The van der Waals surface area contributed by atoms with Gasteiger partial charge >= 0.3 is 25.8 Å². The molecule has 0 saturated carbocycles. The SMILES string of the molecule is CC(C)CP(CC(C)C)c1cc2ccccc2[cH-]1.CC1=[C-]C(C)(C)C(C)=C1C.[Cl-].[Cl-].[Hf+4]. The summed E-state index contributed by atoms with van der Waals surface area (Å²) in [5, 5.41) is 4.42. The van der Waals surface area contributed by atoms with E-state index >= 15 is 0 Å². The van der Waals surface area contributed by atoms with Crippen molar-refractivity contribution < 1.29 is 50.7 Å². The van der Waals surface area contributed by atoms with E-state index in [1.54, 1.807) is 5.30 Å². The van der Waals surface area contributed by atoms with Gasteiger partial charge in [0.05, 0.1) is 0 Å². The average Bonchev–Trinajstić information content (AvgIpc) is 3.09. The van der Waals surface area contributed by atoms with Gasteiger partial charge in [0.2, 0.25) is 0 Å². The Balaban J connectivity index is 0. The number of benzene rings is 1. The maximum atomic E-state index is 3.44. The van der Waals surface area contributed by atoms with Crippen LogP contribution in [0.1, 0.15) is 62.3 Å². The Kier molecular flexibility index (Phi) is 15.6. The summed E-state index contributed by atoms with van der Waals surface area (Å²) in [7, 11) is 0.0185. The van der Waals surface area contributed by atoms with Crippen LogP contribution in [0.3, 0.4) is 0 Å². The summed E-state index contributed by atoms with van der Waals surface area (Å²) < 4.78 is 0. The van der Waals surface area contributed by atoms with E-state index in [1.807, 2.05) is 0 Å². The van der Waals surface area contributed by atoms with Crippen LogP contribution in [-0.4, -0.2) is 12.3 Å². The van der Waals surface area contributed by atoms with E-state index in [0.29, 0.717) is 0 Å². The van der Waals surface area contributed by atoms with Crippen LogP contribution in [0.15, 0.2) is 53.1 Å². The first-order valence-corrected chi connectivity index (χ1v) is 12.4. The maximum absolute atomic E-state index is 3.44. The zero-order valence-corrected chi connectivity index (χ0v) is 26.7. The van der Waals surface area contributed by atoms with Gasteiger partial charge in [0.25, 0.3) is 0 Å². The topological polar surface area (TPSA) is 0 Å². The molecule has 1 aliphatic rings. The smallest absolute Gasteiger partial charge is 1.00 e. The van der Waals surface area contributed by atoms with E-state index in [-0.39, 0.29) is 64.0 Å². The van der Waals surface area contributed by atoms with E-state index in [2.05, 4.69) is 105 Å². The molecule has 2 aromatic rings. The van der Waals surface area contributed by atoms with E-state index in [9.17, 15) is 0 Å². The van der Waals surface area contributed by atoms with Gasteiger partial charge < -0.3 is 24.8 Å². The van der Waals surface area contributed by atoms with Crippen LogP contribution in [0, 0.1) is 23.3 Å². The van der Waals surface area contributed by atoms with Crippen LogP contribution in [0.2, 0.25) is 0 Å². The summed E-state index contributed by atoms with van der Waals surface area (Å²) in [6.07, 6.45) is 6.17. The fourth-order valence-electron chi connectivity index (χ4n) is 3.89. The third kappa shape index (κ3) is 9.52. The quantitative estimate of drug-likeness (QED) is 0.266. The van der Waals surface area contributed by atoms with Crippen molar-refractivity contribution in [2.45, 2.75) is 62.3 Å². The summed E-state index contributed by atoms with van der Waals surface area (Å²) in [6.45, 7) is 20.3. The molecule has 0 fully saturated rings. The number of fused-ring (bicyclic) bond motifs is 1. The summed E-state index contributed by atoms with van der Waals surface area (Å²) in [5.74, 6) is 1.60. The first-order chi connectivity index (χ1) is 13.0. The Labute approximate surface area is 224 Å². The summed E-state index contributed by atoms with van der Waals surface area (Å²) in [4.78, 5) is 0. The molecule has 0 amide bonds.